The molecule has 2 heteroatoms. The fraction of sp³-hybridized carbons (Fsp3) is 0.330. The standard InChI is InChI=1S/C17H32.C17H20.C15H14O.C14H14O.2C14H14/c2*1-13-5-9-15(10-6-13)17(3,4)16-11-7-14(2)8-12-16;1-11-3-7-13(8-4-11)15(16)14-9-5-12(2)6-10-14;1-11-3-7-13(8-4-11)15-14-9-5-12(2)6-10-14;1-11-3-7-13(8-4-11)14-9-5-12(2)6-10-14;1-11-5-3-7-13(9-11)14-8-4-6-12(2)10-14/h13-16H,5-12H2,1-4H3;5-12H,1-4H3;3-10H,1-2H3;3-10H,1-2H3;2*3-10H,1-2H3. The molecule has 0 N–H and O–H groups in total. The van der Waals surface area contributed by atoms with Gasteiger partial charge in [0.2, 0.25) is 0 Å². The van der Waals surface area contributed by atoms with Crippen LogP contribution >= 0.6 is 0 Å². The second-order valence-corrected chi connectivity index (χ2v) is 28.4. The monoisotopic (exact) mass is 1230 g/mol. The number of hydrogen-bond acceptors (Lipinski definition) is 2. The summed E-state index contributed by atoms with van der Waals surface area (Å²) in [5.41, 5.74) is 22.8. The first-order chi connectivity index (χ1) is 44.4. The Morgan fingerprint density at radius 3 is 0.839 bits per heavy atom. The number of aryl methyl sites for hydroxylation is 10. The summed E-state index contributed by atoms with van der Waals surface area (Å²) in [6.07, 6.45) is 11.9. The van der Waals surface area contributed by atoms with Crippen molar-refractivity contribution in [2.24, 2.45) is 29.1 Å². The summed E-state index contributed by atoms with van der Waals surface area (Å²) in [5.74, 6) is 5.85. The lowest BCUT2D eigenvalue weighted by Crippen LogP contribution is -2.36. The Labute approximate surface area is 563 Å². The minimum Gasteiger partial charge on any atom is -0.457 e. The molecule has 0 aromatic heterocycles. The Balaban J connectivity index is 0.000000158. The summed E-state index contributed by atoms with van der Waals surface area (Å²) >= 11 is 0. The van der Waals surface area contributed by atoms with Crippen LogP contribution in [-0.4, -0.2) is 5.78 Å². The van der Waals surface area contributed by atoms with Gasteiger partial charge in [0.05, 0.1) is 0 Å². The van der Waals surface area contributed by atoms with Crippen LogP contribution in [0.2, 0.25) is 0 Å². The van der Waals surface area contributed by atoms with Crippen LogP contribution in [0.25, 0.3) is 22.3 Å². The average molecular weight is 1230 g/mol. The van der Waals surface area contributed by atoms with Gasteiger partial charge in [-0.2, -0.15) is 0 Å². The van der Waals surface area contributed by atoms with Crippen molar-refractivity contribution < 1.29 is 9.53 Å². The van der Waals surface area contributed by atoms with E-state index in [-0.39, 0.29) is 11.2 Å². The molecule has 2 fully saturated rings. The van der Waals surface area contributed by atoms with E-state index in [1.807, 2.05) is 111 Å². The van der Waals surface area contributed by atoms with E-state index in [4.69, 9.17) is 4.74 Å². The molecule has 0 bridgehead atoms. The molecule has 2 aliphatic carbocycles. The first kappa shape index (κ1) is 72.1. The van der Waals surface area contributed by atoms with Crippen LogP contribution in [0.4, 0.5) is 0 Å². The molecule has 2 aliphatic rings. The number of ketones is 1. The minimum absolute atomic E-state index is 0.0708. The lowest BCUT2D eigenvalue weighted by molar-refractivity contribution is 0.0421. The zero-order valence-electron chi connectivity index (χ0n) is 59.4. The third-order valence-electron chi connectivity index (χ3n) is 19.4. The first-order valence-electron chi connectivity index (χ1n) is 34.3. The molecule has 0 amide bonds. The van der Waals surface area contributed by atoms with Crippen LogP contribution in [0.1, 0.15) is 176 Å². The molecule has 0 saturated heterocycles. The smallest absolute Gasteiger partial charge is 0.193 e. The maximum atomic E-state index is 12.1. The Bertz CT molecular complexity index is 3540. The molecule has 0 radical (unpaired) electrons. The Morgan fingerprint density at radius 2 is 0.559 bits per heavy atom. The van der Waals surface area contributed by atoms with E-state index < -0.39 is 0 Å². The molecule has 10 aromatic rings. The van der Waals surface area contributed by atoms with Gasteiger partial charge in [-0.3, -0.25) is 4.79 Å². The highest BCUT2D eigenvalue weighted by molar-refractivity contribution is 6.09. The predicted octanol–water partition coefficient (Wildman–Crippen LogP) is 25.9. The van der Waals surface area contributed by atoms with Crippen molar-refractivity contribution in [3.8, 4) is 33.8 Å². The highest BCUT2D eigenvalue weighted by Crippen LogP contribution is 2.50. The van der Waals surface area contributed by atoms with Crippen LogP contribution in [0.5, 0.6) is 11.5 Å². The molecular weight excluding hydrogens is 1120 g/mol. The number of ether oxygens (including phenoxy) is 1. The van der Waals surface area contributed by atoms with E-state index in [1.54, 1.807) is 0 Å². The van der Waals surface area contributed by atoms with Crippen molar-refractivity contribution in [3.63, 3.8) is 0 Å². The van der Waals surface area contributed by atoms with Gasteiger partial charge in [0.15, 0.2) is 5.78 Å². The highest BCUT2D eigenvalue weighted by Gasteiger charge is 2.39. The van der Waals surface area contributed by atoms with Gasteiger partial charge >= 0.3 is 0 Å². The molecule has 93 heavy (non-hydrogen) atoms. The zero-order valence-corrected chi connectivity index (χ0v) is 59.4. The van der Waals surface area contributed by atoms with Crippen LogP contribution < -0.4 is 4.74 Å². The van der Waals surface area contributed by atoms with Crippen molar-refractivity contribution in [2.45, 2.75) is 168 Å². The molecular formula is C91H108O2. The van der Waals surface area contributed by atoms with Crippen molar-refractivity contribution in [3.05, 3.63) is 321 Å². The van der Waals surface area contributed by atoms with E-state index in [1.165, 1.54) is 140 Å². The normalized spacial score (nSPS) is 15.9. The Hall–Kier alpha value is -8.33. The molecule has 0 unspecified atom stereocenters. The van der Waals surface area contributed by atoms with Crippen molar-refractivity contribution in [2.75, 3.05) is 0 Å². The predicted molar refractivity (Wildman–Crippen MR) is 401 cm³/mol. The van der Waals surface area contributed by atoms with Crippen molar-refractivity contribution in [1.82, 2.24) is 0 Å². The largest absolute Gasteiger partial charge is 0.457 e. The maximum Gasteiger partial charge on any atom is 0.193 e. The first-order valence-corrected chi connectivity index (χ1v) is 34.3. The van der Waals surface area contributed by atoms with Crippen LogP contribution in [0.3, 0.4) is 0 Å². The summed E-state index contributed by atoms with van der Waals surface area (Å²) in [6, 6.07) is 83.6. The van der Waals surface area contributed by atoms with E-state index in [9.17, 15) is 4.79 Å². The molecule has 0 aliphatic heterocycles. The lowest BCUT2D eigenvalue weighted by atomic mass is 9.59. The molecule has 484 valence electrons. The maximum absolute atomic E-state index is 12.1. The van der Waals surface area contributed by atoms with E-state index >= 15 is 0 Å². The van der Waals surface area contributed by atoms with Gasteiger partial charge in [0.1, 0.15) is 11.5 Å². The third-order valence-corrected chi connectivity index (χ3v) is 19.4. The SMILES string of the molecule is CC1CCC(C(C)(C)C2CCC(C)CC2)CC1.Cc1ccc(-c2ccc(C)cc2)cc1.Cc1ccc(C(=O)c2ccc(C)cc2)cc1.Cc1ccc(C(C)(C)c2ccc(C)cc2)cc1.Cc1ccc(Oc2ccc(C)cc2)cc1.Cc1cccc(-c2cccc(C)c2)c1. The fourth-order valence-corrected chi connectivity index (χ4v) is 12.5. The van der Waals surface area contributed by atoms with E-state index in [2.05, 4.69) is 243 Å². The summed E-state index contributed by atoms with van der Waals surface area (Å²) in [7, 11) is 0. The number of hydrogen-bond donors (Lipinski definition) is 0. The van der Waals surface area contributed by atoms with Gasteiger partial charge in [-0.15, -0.1) is 0 Å². The number of rotatable bonds is 10. The second kappa shape index (κ2) is 35.1. The zero-order chi connectivity index (χ0) is 67.1. The fourth-order valence-electron chi connectivity index (χ4n) is 12.5. The third kappa shape index (κ3) is 23.0. The molecule has 12 rings (SSSR count). The number of carbonyl (C=O) groups excluding carboxylic acids is 1. The second-order valence-electron chi connectivity index (χ2n) is 28.4. The van der Waals surface area contributed by atoms with Gasteiger partial charge in [0, 0.05) is 16.5 Å². The molecule has 10 aromatic carbocycles. The van der Waals surface area contributed by atoms with Gasteiger partial charge in [-0.25, -0.2) is 0 Å². The van der Waals surface area contributed by atoms with Crippen LogP contribution in [0.15, 0.2) is 243 Å². The summed E-state index contributed by atoms with van der Waals surface area (Å²) < 4.78 is 5.69. The van der Waals surface area contributed by atoms with Crippen LogP contribution in [-0.2, 0) is 5.41 Å². The average Bonchev–Trinajstić information content (AvgIpc) is 0.950. The molecule has 0 spiro atoms. The number of carbonyl (C=O) groups is 1. The summed E-state index contributed by atoms with van der Waals surface area (Å²) in [6.45, 7) is 35.5. The van der Waals surface area contributed by atoms with Gasteiger partial charge in [0.25, 0.3) is 0 Å². The quantitative estimate of drug-likeness (QED) is 0.128. The number of benzene rings is 10. The summed E-state index contributed by atoms with van der Waals surface area (Å²) in [5, 5.41) is 0. The van der Waals surface area contributed by atoms with E-state index in [0.29, 0.717) is 5.41 Å². The topological polar surface area (TPSA) is 26.3 Å². The highest BCUT2D eigenvalue weighted by atomic mass is 16.5. The van der Waals surface area contributed by atoms with Gasteiger partial charge in [-0.05, 0) is 182 Å². The van der Waals surface area contributed by atoms with Crippen molar-refractivity contribution in [1.29, 1.82) is 0 Å². The van der Waals surface area contributed by atoms with Gasteiger partial charge in [-0.1, -0.05) is 341 Å². The molecule has 2 saturated carbocycles. The Morgan fingerprint density at radius 1 is 0.301 bits per heavy atom. The Kier molecular flexibility index (Phi) is 27.2. The summed E-state index contributed by atoms with van der Waals surface area (Å²) in [4.78, 5) is 12.1. The minimum atomic E-state index is 0.0708. The molecule has 0 atom stereocenters. The van der Waals surface area contributed by atoms with Gasteiger partial charge < -0.3 is 4.74 Å². The van der Waals surface area contributed by atoms with Crippen molar-refractivity contribution >= 4 is 5.78 Å². The lowest BCUT2D eigenvalue weighted by Gasteiger charge is -2.46. The molecule has 2 nitrogen and oxygen atoms in total. The molecule has 0 heterocycles. The van der Waals surface area contributed by atoms with E-state index in [0.717, 1.165) is 46.3 Å². The van der Waals surface area contributed by atoms with Crippen LogP contribution in [0, 0.1) is 98.3 Å².